The van der Waals surface area contributed by atoms with E-state index in [1.165, 1.54) is 16.2 Å². The third-order valence-corrected chi connectivity index (χ3v) is 8.60. The molecule has 0 spiro atoms. The van der Waals surface area contributed by atoms with Crippen LogP contribution >= 0.6 is 0 Å². The number of benzene rings is 6. The standard InChI is InChI=1S/C38H21N3O2/c1-2-11-23-21-30-28(20-22(23)10-1)24-12-3-6-16-29(24)41(30)37-35(39-36-26-14-5-8-18-32(26)43-38(36)40-37)27-15-9-19-33-34(27)25-13-4-7-17-31(25)42-33/h1-21H. The highest BCUT2D eigenvalue weighted by Gasteiger charge is 2.24. The zero-order valence-corrected chi connectivity index (χ0v) is 22.8. The quantitative estimate of drug-likeness (QED) is 0.214. The van der Waals surface area contributed by atoms with Crippen molar-refractivity contribution >= 4 is 76.7 Å². The molecule has 0 aliphatic carbocycles. The van der Waals surface area contributed by atoms with E-state index >= 15 is 0 Å². The summed E-state index contributed by atoms with van der Waals surface area (Å²) in [5.74, 6) is 0.714. The van der Waals surface area contributed by atoms with E-state index in [0.717, 1.165) is 66.1 Å². The van der Waals surface area contributed by atoms with Crippen molar-refractivity contribution in [3.8, 4) is 17.1 Å². The fourth-order valence-electron chi connectivity index (χ4n) is 6.71. The molecule has 5 nitrogen and oxygen atoms in total. The number of aromatic nitrogens is 3. The van der Waals surface area contributed by atoms with Crippen molar-refractivity contribution in [3.63, 3.8) is 0 Å². The highest BCUT2D eigenvalue weighted by atomic mass is 16.3. The summed E-state index contributed by atoms with van der Waals surface area (Å²) in [6.45, 7) is 0. The fourth-order valence-corrected chi connectivity index (χ4v) is 6.71. The largest absolute Gasteiger partial charge is 0.456 e. The van der Waals surface area contributed by atoms with E-state index in [1.54, 1.807) is 0 Å². The van der Waals surface area contributed by atoms with Gasteiger partial charge in [-0.2, -0.15) is 4.98 Å². The average Bonchev–Trinajstić information content (AvgIpc) is 3.72. The Bertz CT molecular complexity index is 2750. The normalized spacial score (nSPS) is 12.2. The van der Waals surface area contributed by atoms with Gasteiger partial charge in [-0.25, -0.2) is 4.98 Å². The lowest BCUT2D eigenvalue weighted by Gasteiger charge is -2.13. The van der Waals surface area contributed by atoms with Crippen molar-refractivity contribution in [2.45, 2.75) is 0 Å². The molecule has 0 N–H and O–H groups in total. The van der Waals surface area contributed by atoms with Gasteiger partial charge in [0.2, 0.25) is 5.71 Å². The second-order valence-electron chi connectivity index (χ2n) is 11.0. The fraction of sp³-hybridized carbons (Fsp3) is 0. The smallest absolute Gasteiger partial charge is 0.248 e. The van der Waals surface area contributed by atoms with Gasteiger partial charge in [-0.1, -0.05) is 84.9 Å². The van der Waals surface area contributed by atoms with Crippen LogP contribution in [0.2, 0.25) is 0 Å². The molecule has 0 bridgehead atoms. The van der Waals surface area contributed by atoms with Crippen molar-refractivity contribution in [1.29, 1.82) is 0 Å². The second-order valence-corrected chi connectivity index (χ2v) is 11.0. The summed E-state index contributed by atoms with van der Waals surface area (Å²) in [4.78, 5) is 10.7. The van der Waals surface area contributed by atoms with Gasteiger partial charge in [0.15, 0.2) is 5.82 Å². The second kappa shape index (κ2) is 8.30. The van der Waals surface area contributed by atoms with Crippen LogP contribution in [0.15, 0.2) is 136 Å². The average molecular weight is 552 g/mol. The summed E-state index contributed by atoms with van der Waals surface area (Å²) < 4.78 is 14.9. The van der Waals surface area contributed by atoms with Gasteiger partial charge in [-0.3, -0.25) is 4.57 Å². The van der Waals surface area contributed by atoms with E-state index in [4.69, 9.17) is 18.8 Å². The maximum absolute atomic E-state index is 6.31. The molecule has 5 heteroatoms. The summed E-state index contributed by atoms with van der Waals surface area (Å²) in [7, 11) is 0. The van der Waals surface area contributed by atoms with E-state index in [2.05, 4.69) is 77.4 Å². The predicted octanol–water partition coefficient (Wildman–Crippen LogP) is 10.2. The van der Waals surface area contributed by atoms with Crippen LogP contribution < -0.4 is 0 Å². The van der Waals surface area contributed by atoms with E-state index in [9.17, 15) is 0 Å². The van der Waals surface area contributed by atoms with E-state index in [1.807, 2.05) is 54.6 Å². The van der Waals surface area contributed by atoms with Gasteiger partial charge in [0, 0.05) is 32.5 Å². The minimum absolute atomic E-state index is 0.510. The van der Waals surface area contributed by atoms with Crippen LogP contribution in [0, 0.1) is 0 Å². The highest BCUT2D eigenvalue weighted by molar-refractivity contribution is 6.16. The topological polar surface area (TPSA) is 57.0 Å². The Morgan fingerprint density at radius 3 is 2.02 bits per heavy atom. The van der Waals surface area contributed by atoms with E-state index in [0.29, 0.717) is 11.5 Å². The summed E-state index contributed by atoms with van der Waals surface area (Å²) >= 11 is 0. The van der Waals surface area contributed by atoms with E-state index < -0.39 is 0 Å². The first kappa shape index (κ1) is 22.7. The molecule has 4 aromatic heterocycles. The highest BCUT2D eigenvalue weighted by Crippen LogP contribution is 2.42. The van der Waals surface area contributed by atoms with Crippen molar-refractivity contribution in [1.82, 2.24) is 14.5 Å². The third kappa shape index (κ3) is 3.11. The SMILES string of the molecule is c1ccc2cc3c(cc2c1)c1ccccc1n3-c1nc2oc3ccccc3c2nc1-c1cccc2oc3ccccc3c12. The summed E-state index contributed by atoms with van der Waals surface area (Å²) in [5, 5.41) is 7.70. The van der Waals surface area contributed by atoms with Crippen LogP contribution in [0.25, 0.3) is 93.8 Å². The van der Waals surface area contributed by atoms with Gasteiger partial charge in [0.25, 0.3) is 0 Å². The summed E-state index contributed by atoms with van der Waals surface area (Å²) in [5.41, 5.74) is 7.53. The van der Waals surface area contributed by atoms with Crippen LogP contribution in [0.4, 0.5) is 0 Å². The zero-order valence-electron chi connectivity index (χ0n) is 22.8. The van der Waals surface area contributed by atoms with Crippen molar-refractivity contribution in [3.05, 3.63) is 127 Å². The van der Waals surface area contributed by atoms with Crippen LogP contribution in [-0.4, -0.2) is 14.5 Å². The molecule has 0 saturated heterocycles. The molecule has 6 aromatic carbocycles. The summed E-state index contributed by atoms with van der Waals surface area (Å²) in [6.07, 6.45) is 0. The Hall–Kier alpha value is -5.94. The molecule has 0 unspecified atom stereocenters. The van der Waals surface area contributed by atoms with Gasteiger partial charge in [-0.05, 0) is 53.2 Å². The molecule has 0 saturated carbocycles. The number of fused-ring (bicyclic) bond motifs is 10. The molecule has 4 heterocycles. The Labute approximate surface area is 244 Å². The minimum atomic E-state index is 0.510. The number of para-hydroxylation sites is 3. The first-order valence-corrected chi connectivity index (χ1v) is 14.3. The lowest BCUT2D eigenvalue weighted by atomic mass is 10.0. The van der Waals surface area contributed by atoms with Crippen LogP contribution in [0.3, 0.4) is 0 Å². The first-order chi connectivity index (χ1) is 21.3. The number of nitrogens with zero attached hydrogens (tertiary/aromatic N) is 3. The van der Waals surface area contributed by atoms with Gasteiger partial charge in [-0.15, -0.1) is 0 Å². The van der Waals surface area contributed by atoms with Crippen LogP contribution in [0.1, 0.15) is 0 Å². The molecular weight excluding hydrogens is 530 g/mol. The Balaban J connectivity index is 1.42. The molecule has 0 radical (unpaired) electrons. The minimum Gasteiger partial charge on any atom is -0.456 e. The Morgan fingerprint density at radius 1 is 0.488 bits per heavy atom. The zero-order chi connectivity index (χ0) is 28.1. The molecule has 0 aliphatic heterocycles. The van der Waals surface area contributed by atoms with Crippen molar-refractivity contribution in [2.75, 3.05) is 0 Å². The summed E-state index contributed by atoms with van der Waals surface area (Å²) in [6, 6.07) is 43.9. The van der Waals surface area contributed by atoms with Gasteiger partial charge < -0.3 is 8.83 Å². The predicted molar refractivity (Wildman–Crippen MR) is 174 cm³/mol. The third-order valence-electron chi connectivity index (χ3n) is 8.60. The molecule has 0 aliphatic rings. The van der Waals surface area contributed by atoms with Crippen LogP contribution in [0.5, 0.6) is 0 Å². The molecule has 10 aromatic rings. The lowest BCUT2D eigenvalue weighted by molar-refractivity contribution is 0.652. The number of rotatable bonds is 2. The molecular formula is C38H21N3O2. The molecule has 0 atom stereocenters. The number of furan rings is 2. The number of hydrogen-bond acceptors (Lipinski definition) is 4. The maximum Gasteiger partial charge on any atom is 0.248 e. The van der Waals surface area contributed by atoms with Crippen molar-refractivity contribution < 1.29 is 8.83 Å². The lowest BCUT2D eigenvalue weighted by Crippen LogP contribution is -2.03. The van der Waals surface area contributed by atoms with Crippen molar-refractivity contribution in [2.24, 2.45) is 0 Å². The Kier molecular flexibility index (Phi) is 4.39. The monoisotopic (exact) mass is 551 g/mol. The maximum atomic E-state index is 6.31. The molecule has 10 rings (SSSR count). The van der Waals surface area contributed by atoms with Gasteiger partial charge in [0.1, 0.15) is 28.0 Å². The number of hydrogen-bond donors (Lipinski definition) is 0. The van der Waals surface area contributed by atoms with Gasteiger partial charge in [0.05, 0.1) is 11.0 Å². The molecule has 0 amide bonds. The molecule has 0 fully saturated rings. The van der Waals surface area contributed by atoms with E-state index in [-0.39, 0.29) is 0 Å². The first-order valence-electron chi connectivity index (χ1n) is 14.3. The van der Waals surface area contributed by atoms with Crippen LogP contribution in [-0.2, 0) is 0 Å². The molecule has 43 heavy (non-hydrogen) atoms. The molecule has 200 valence electrons. The Morgan fingerprint density at radius 2 is 1.16 bits per heavy atom. The van der Waals surface area contributed by atoms with Gasteiger partial charge >= 0.3 is 0 Å².